The molecule has 122 valence electrons. The second-order valence-corrected chi connectivity index (χ2v) is 6.19. The predicted octanol–water partition coefficient (Wildman–Crippen LogP) is 3.26. The fourth-order valence-electron chi connectivity index (χ4n) is 2.57. The standard InChI is InChI=1S/C19H22FNO2/c1-13-8-4-5-9-14(13)17(22)12-21-18(23)19(2,3)15-10-6-7-11-16(15)20/h4-11,17,22H,12H2,1-3H3,(H,21,23). The van der Waals surface area contributed by atoms with E-state index in [1.165, 1.54) is 6.07 Å². The summed E-state index contributed by atoms with van der Waals surface area (Å²) in [5, 5.41) is 13.0. The lowest BCUT2D eigenvalue weighted by molar-refractivity contribution is -0.126. The number of rotatable bonds is 5. The molecule has 2 rings (SSSR count). The molecular formula is C19H22FNO2. The average molecular weight is 315 g/mol. The summed E-state index contributed by atoms with van der Waals surface area (Å²) in [7, 11) is 0. The van der Waals surface area contributed by atoms with Crippen LogP contribution in [0.25, 0.3) is 0 Å². The maximum absolute atomic E-state index is 13.9. The normalized spacial score (nSPS) is 12.7. The molecular weight excluding hydrogens is 293 g/mol. The molecule has 2 aromatic rings. The summed E-state index contributed by atoms with van der Waals surface area (Å²) in [5.74, 6) is -0.734. The second-order valence-electron chi connectivity index (χ2n) is 6.19. The Balaban J connectivity index is 2.07. The van der Waals surface area contributed by atoms with Gasteiger partial charge in [0.1, 0.15) is 5.82 Å². The van der Waals surface area contributed by atoms with Crippen LogP contribution in [0.15, 0.2) is 48.5 Å². The second kappa shape index (κ2) is 6.92. The van der Waals surface area contributed by atoms with Crippen molar-refractivity contribution in [3.05, 3.63) is 71.0 Å². The summed E-state index contributed by atoms with van der Waals surface area (Å²) in [6.45, 7) is 5.33. The van der Waals surface area contributed by atoms with Gasteiger partial charge < -0.3 is 10.4 Å². The number of carbonyl (C=O) groups is 1. The molecule has 0 aromatic heterocycles. The van der Waals surface area contributed by atoms with Gasteiger partial charge in [-0.05, 0) is 38.0 Å². The van der Waals surface area contributed by atoms with E-state index in [1.807, 2.05) is 31.2 Å². The van der Waals surface area contributed by atoms with Gasteiger partial charge in [0.15, 0.2) is 0 Å². The first kappa shape index (κ1) is 17.2. The largest absolute Gasteiger partial charge is 0.387 e. The molecule has 0 fully saturated rings. The lowest BCUT2D eigenvalue weighted by Crippen LogP contribution is -2.42. The molecule has 0 aliphatic rings. The Kier molecular flexibility index (Phi) is 5.16. The Hall–Kier alpha value is -2.20. The van der Waals surface area contributed by atoms with Crippen molar-refractivity contribution in [3.8, 4) is 0 Å². The lowest BCUT2D eigenvalue weighted by atomic mass is 9.83. The zero-order chi connectivity index (χ0) is 17.0. The van der Waals surface area contributed by atoms with E-state index in [0.29, 0.717) is 5.56 Å². The Bertz CT molecular complexity index is 697. The van der Waals surface area contributed by atoms with Gasteiger partial charge in [-0.2, -0.15) is 0 Å². The van der Waals surface area contributed by atoms with Gasteiger partial charge in [0.05, 0.1) is 11.5 Å². The number of aliphatic hydroxyl groups is 1. The quantitative estimate of drug-likeness (QED) is 0.890. The molecule has 0 bridgehead atoms. The monoisotopic (exact) mass is 315 g/mol. The Labute approximate surface area is 136 Å². The van der Waals surface area contributed by atoms with Gasteiger partial charge in [-0.25, -0.2) is 4.39 Å². The first-order valence-electron chi connectivity index (χ1n) is 7.61. The van der Waals surface area contributed by atoms with Crippen LogP contribution in [-0.2, 0) is 10.2 Å². The highest BCUT2D eigenvalue weighted by Gasteiger charge is 2.32. The molecule has 1 atom stereocenters. The van der Waals surface area contributed by atoms with Crippen LogP contribution in [0.3, 0.4) is 0 Å². The van der Waals surface area contributed by atoms with Gasteiger partial charge in [-0.3, -0.25) is 4.79 Å². The van der Waals surface area contributed by atoms with Crippen molar-refractivity contribution >= 4 is 5.91 Å². The van der Waals surface area contributed by atoms with Crippen LogP contribution in [0.4, 0.5) is 4.39 Å². The summed E-state index contributed by atoms with van der Waals surface area (Å²) in [5.41, 5.74) is 1.05. The van der Waals surface area contributed by atoms with E-state index in [1.54, 1.807) is 32.0 Å². The topological polar surface area (TPSA) is 49.3 Å². The minimum atomic E-state index is -1.02. The number of aryl methyl sites for hydroxylation is 1. The molecule has 0 aliphatic heterocycles. The van der Waals surface area contributed by atoms with Crippen LogP contribution in [0.5, 0.6) is 0 Å². The molecule has 3 nitrogen and oxygen atoms in total. The number of hydrogen-bond acceptors (Lipinski definition) is 2. The third kappa shape index (κ3) is 3.77. The zero-order valence-corrected chi connectivity index (χ0v) is 13.6. The van der Waals surface area contributed by atoms with Crippen molar-refractivity contribution in [1.29, 1.82) is 0 Å². The Morgan fingerprint density at radius 1 is 1.17 bits per heavy atom. The van der Waals surface area contributed by atoms with Crippen LogP contribution in [0, 0.1) is 12.7 Å². The van der Waals surface area contributed by atoms with Crippen molar-refractivity contribution in [2.45, 2.75) is 32.3 Å². The zero-order valence-electron chi connectivity index (χ0n) is 13.6. The van der Waals surface area contributed by atoms with Crippen LogP contribution in [-0.4, -0.2) is 17.6 Å². The minimum absolute atomic E-state index is 0.0849. The fourth-order valence-corrected chi connectivity index (χ4v) is 2.57. The molecule has 1 unspecified atom stereocenters. The van der Waals surface area contributed by atoms with E-state index < -0.39 is 17.3 Å². The molecule has 2 N–H and O–H groups in total. The number of nitrogens with one attached hydrogen (secondary N) is 1. The minimum Gasteiger partial charge on any atom is -0.387 e. The van der Waals surface area contributed by atoms with E-state index in [2.05, 4.69) is 5.32 Å². The molecule has 23 heavy (non-hydrogen) atoms. The average Bonchev–Trinajstić information content (AvgIpc) is 2.52. The molecule has 1 amide bonds. The van der Waals surface area contributed by atoms with E-state index in [0.717, 1.165) is 11.1 Å². The summed E-state index contributed by atoms with van der Waals surface area (Å²) >= 11 is 0. The highest BCUT2D eigenvalue weighted by Crippen LogP contribution is 2.26. The molecule has 0 spiro atoms. The smallest absolute Gasteiger partial charge is 0.230 e. The van der Waals surface area contributed by atoms with Crippen molar-refractivity contribution in [1.82, 2.24) is 5.32 Å². The SMILES string of the molecule is Cc1ccccc1C(O)CNC(=O)C(C)(C)c1ccccc1F. The van der Waals surface area contributed by atoms with Crippen LogP contribution in [0.2, 0.25) is 0 Å². The number of halogens is 1. The first-order chi connectivity index (χ1) is 10.8. The van der Waals surface area contributed by atoms with Gasteiger partial charge >= 0.3 is 0 Å². The molecule has 0 radical (unpaired) electrons. The maximum atomic E-state index is 13.9. The summed E-state index contributed by atoms with van der Waals surface area (Å²) < 4.78 is 13.9. The highest BCUT2D eigenvalue weighted by atomic mass is 19.1. The first-order valence-corrected chi connectivity index (χ1v) is 7.61. The number of aliphatic hydroxyl groups excluding tert-OH is 1. The van der Waals surface area contributed by atoms with Gasteiger partial charge in [-0.1, -0.05) is 42.5 Å². The van der Waals surface area contributed by atoms with Crippen molar-refractivity contribution < 1.29 is 14.3 Å². The number of amides is 1. The highest BCUT2D eigenvalue weighted by molar-refractivity contribution is 5.87. The third-order valence-corrected chi connectivity index (χ3v) is 4.12. The molecule has 0 saturated carbocycles. The predicted molar refractivity (Wildman–Crippen MR) is 88.6 cm³/mol. The lowest BCUT2D eigenvalue weighted by Gasteiger charge is -2.25. The molecule has 0 heterocycles. The van der Waals surface area contributed by atoms with E-state index in [4.69, 9.17) is 0 Å². The van der Waals surface area contributed by atoms with Crippen LogP contribution in [0.1, 0.15) is 36.6 Å². The van der Waals surface area contributed by atoms with E-state index in [9.17, 15) is 14.3 Å². The molecule has 4 heteroatoms. The summed E-state index contributed by atoms with van der Waals surface area (Å²) in [4.78, 5) is 12.4. The summed E-state index contributed by atoms with van der Waals surface area (Å²) in [6, 6.07) is 13.7. The molecule has 0 aliphatic carbocycles. The Morgan fingerprint density at radius 2 is 1.78 bits per heavy atom. The summed E-state index contributed by atoms with van der Waals surface area (Å²) in [6.07, 6.45) is -0.795. The van der Waals surface area contributed by atoms with Gasteiger partial charge in [-0.15, -0.1) is 0 Å². The number of hydrogen-bond donors (Lipinski definition) is 2. The van der Waals surface area contributed by atoms with Gasteiger partial charge in [0.25, 0.3) is 0 Å². The third-order valence-electron chi connectivity index (χ3n) is 4.12. The van der Waals surface area contributed by atoms with Gasteiger partial charge in [0.2, 0.25) is 5.91 Å². The molecule has 0 saturated heterocycles. The fraction of sp³-hybridized carbons (Fsp3) is 0.316. The maximum Gasteiger partial charge on any atom is 0.230 e. The van der Waals surface area contributed by atoms with Crippen molar-refractivity contribution in [2.75, 3.05) is 6.54 Å². The Morgan fingerprint density at radius 3 is 2.43 bits per heavy atom. The van der Waals surface area contributed by atoms with Crippen LogP contribution >= 0.6 is 0 Å². The molecule has 2 aromatic carbocycles. The van der Waals surface area contributed by atoms with E-state index >= 15 is 0 Å². The number of benzene rings is 2. The number of carbonyl (C=O) groups excluding carboxylic acids is 1. The van der Waals surface area contributed by atoms with Gasteiger partial charge in [0, 0.05) is 12.1 Å². The van der Waals surface area contributed by atoms with Crippen molar-refractivity contribution in [3.63, 3.8) is 0 Å². The van der Waals surface area contributed by atoms with Crippen molar-refractivity contribution in [2.24, 2.45) is 0 Å². The van der Waals surface area contributed by atoms with Crippen LogP contribution < -0.4 is 5.32 Å². The van der Waals surface area contributed by atoms with E-state index in [-0.39, 0.29) is 12.5 Å².